The number of carbonyl (C=O) groups is 2. The van der Waals surface area contributed by atoms with Crippen LogP contribution < -0.4 is 21.1 Å². The summed E-state index contributed by atoms with van der Waals surface area (Å²) in [6, 6.07) is 4.55. The third kappa shape index (κ3) is 4.50. The Hall–Kier alpha value is -1.60. The molecule has 3 amide bonds. The van der Waals surface area contributed by atoms with E-state index >= 15 is 0 Å². The van der Waals surface area contributed by atoms with Crippen LogP contribution in [0.1, 0.15) is 25.5 Å². The zero-order valence-electron chi connectivity index (χ0n) is 11.6. The summed E-state index contributed by atoms with van der Waals surface area (Å²) in [5.74, 6) is -0.00866. The lowest BCUT2D eigenvalue weighted by molar-refractivity contribution is -0.126. The first kappa shape index (κ1) is 16.5. The molecule has 20 heavy (non-hydrogen) atoms. The van der Waals surface area contributed by atoms with Gasteiger partial charge in [0, 0.05) is 23.1 Å². The van der Waals surface area contributed by atoms with E-state index in [2.05, 4.69) is 26.6 Å². The first-order chi connectivity index (χ1) is 9.35. The zero-order chi connectivity index (χ0) is 15.3. The predicted molar refractivity (Wildman–Crippen MR) is 79.4 cm³/mol. The maximum atomic E-state index is 11.7. The molecule has 7 heteroatoms. The maximum absolute atomic E-state index is 11.7. The minimum atomic E-state index is -0.814. The first-order valence-corrected chi connectivity index (χ1v) is 6.88. The second-order valence-electron chi connectivity index (χ2n) is 4.30. The third-order valence-electron chi connectivity index (χ3n) is 2.60. The first-order valence-electron chi connectivity index (χ1n) is 6.09. The van der Waals surface area contributed by atoms with Crippen LogP contribution in [0.3, 0.4) is 0 Å². The zero-order valence-corrected chi connectivity index (χ0v) is 13.2. The highest BCUT2D eigenvalue weighted by molar-refractivity contribution is 9.10. The van der Waals surface area contributed by atoms with Crippen LogP contribution in [0.4, 0.5) is 4.79 Å². The summed E-state index contributed by atoms with van der Waals surface area (Å²) in [7, 11) is 1.43. The van der Waals surface area contributed by atoms with Crippen LogP contribution in [0.5, 0.6) is 5.75 Å². The number of halogens is 1. The highest BCUT2D eigenvalue weighted by Crippen LogP contribution is 2.28. The van der Waals surface area contributed by atoms with Gasteiger partial charge < -0.3 is 15.8 Å². The number of rotatable bonds is 4. The molecule has 0 spiro atoms. The molecule has 2 atom stereocenters. The Morgan fingerprint density at radius 3 is 2.55 bits per heavy atom. The van der Waals surface area contributed by atoms with E-state index in [1.54, 1.807) is 19.1 Å². The van der Waals surface area contributed by atoms with E-state index in [0.717, 1.165) is 10.0 Å². The number of hydrogen-bond acceptors (Lipinski definition) is 4. The number of urea groups is 1. The molecule has 0 aliphatic heterocycles. The highest BCUT2D eigenvalue weighted by atomic mass is 79.9. The van der Waals surface area contributed by atoms with Crippen LogP contribution in [-0.2, 0) is 4.79 Å². The van der Waals surface area contributed by atoms with Crippen molar-refractivity contribution < 1.29 is 14.3 Å². The van der Waals surface area contributed by atoms with Gasteiger partial charge in [0.2, 0.25) is 0 Å². The Kier molecular flexibility index (Phi) is 5.97. The molecule has 1 aromatic rings. The fourth-order valence-corrected chi connectivity index (χ4v) is 1.88. The summed E-state index contributed by atoms with van der Waals surface area (Å²) in [4.78, 5) is 22.8. The summed E-state index contributed by atoms with van der Waals surface area (Å²) < 4.78 is 6.45. The van der Waals surface area contributed by atoms with E-state index in [-0.39, 0.29) is 6.04 Å². The second-order valence-corrected chi connectivity index (χ2v) is 5.21. The fraction of sp³-hybridized carbons (Fsp3) is 0.385. The molecular weight excluding hydrogens is 326 g/mol. The van der Waals surface area contributed by atoms with Gasteiger partial charge in [-0.15, -0.1) is 0 Å². The number of benzene rings is 1. The van der Waals surface area contributed by atoms with Gasteiger partial charge >= 0.3 is 6.03 Å². The smallest absolute Gasteiger partial charge is 0.321 e. The van der Waals surface area contributed by atoms with Gasteiger partial charge in [-0.1, -0.05) is 15.9 Å². The molecule has 0 heterocycles. The van der Waals surface area contributed by atoms with E-state index in [1.807, 2.05) is 13.0 Å². The Balaban J connectivity index is 2.82. The van der Waals surface area contributed by atoms with Crippen molar-refractivity contribution in [3.8, 4) is 5.75 Å². The summed E-state index contributed by atoms with van der Waals surface area (Å²) in [5.41, 5.74) is 6.65. The molecule has 0 bridgehead atoms. The largest absolute Gasteiger partial charge is 0.481 e. The molecule has 0 fully saturated rings. The normalized spacial score (nSPS) is 13.2. The summed E-state index contributed by atoms with van der Waals surface area (Å²) in [5, 5.41) is 4.45. The molecule has 1 aromatic carbocycles. The number of ether oxygens (including phenoxy) is 1. The molecule has 4 N–H and O–H groups in total. The molecule has 0 aliphatic carbocycles. The van der Waals surface area contributed by atoms with E-state index in [4.69, 9.17) is 10.5 Å². The lowest BCUT2D eigenvalue weighted by Gasteiger charge is -2.18. The van der Waals surface area contributed by atoms with E-state index in [0.29, 0.717) is 5.75 Å². The highest BCUT2D eigenvalue weighted by Gasteiger charge is 2.19. The van der Waals surface area contributed by atoms with Crippen molar-refractivity contribution in [1.82, 2.24) is 10.6 Å². The molecule has 6 nitrogen and oxygen atoms in total. The fourth-order valence-electron chi connectivity index (χ4n) is 1.50. The van der Waals surface area contributed by atoms with Gasteiger partial charge in [0.25, 0.3) is 5.91 Å². The van der Waals surface area contributed by atoms with Gasteiger partial charge in [-0.3, -0.25) is 10.1 Å². The van der Waals surface area contributed by atoms with Crippen LogP contribution in [0, 0.1) is 0 Å². The molecule has 0 saturated carbocycles. The molecule has 0 radical (unpaired) electrons. The van der Waals surface area contributed by atoms with Gasteiger partial charge in [-0.25, -0.2) is 4.79 Å². The van der Waals surface area contributed by atoms with Crippen molar-refractivity contribution in [3.63, 3.8) is 0 Å². The Bertz CT molecular complexity index is 506. The summed E-state index contributed by atoms with van der Waals surface area (Å²) >= 11 is 3.36. The number of carbonyl (C=O) groups excluding carboxylic acids is 2. The van der Waals surface area contributed by atoms with Crippen molar-refractivity contribution in [3.05, 3.63) is 28.2 Å². The van der Waals surface area contributed by atoms with Gasteiger partial charge in [0.05, 0.1) is 0 Å². The molecule has 0 aliphatic rings. The van der Waals surface area contributed by atoms with Crippen LogP contribution in [0.15, 0.2) is 22.7 Å². The molecule has 2 unspecified atom stereocenters. The van der Waals surface area contributed by atoms with Crippen LogP contribution in [0.25, 0.3) is 0 Å². The van der Waals surface area contributed by atoms with E-state index < -0.39 is 18.0 Å². The molecule has 0 aromatic heterocycles. The number of amides is 3. The SMILES string of the molecule is CNC(=O)NC(=O)C(C)Oc1ccc(Br)cc1C(C)N. The lowest BCUT2D eigenvalue weighted by atomic mass is 10.1. The van der Waals surface area contributed by atoms with Crippen molar-refractivity contribution >= 4 is 27.9 Å². The van der Waals surface area contributed by atoms with Crippen molar-refractivity contribution in [2.45, 2.75) is 26.0 Å². The number of hydrogen-bond donors (Lipinski definition) is 3. The molecule has 1 rings (SSSR count). The number of nitrogens with two attached hydrogens (primary N) is 1. The number of nitrogens with one attached hydrogen (secondary N) is 2. The van der Waals surface area contributed by atoms with E-state index in [1.165, 1.54) is 7.05 Å². The van der Waals surface area contributed by atoms with Gasteiger partial charge in [0.15, 0.2) is 6.10 Å². The Labute approximate surface area is 126 Å². The minimum absolute atomic E-state index is 0.239. The summed E-state index contributed by atoms with van der Waals surface area (Å²) in [6.45, 7) is 3.38. The standard InChI is InChI=1S/C13H18BrN3O3/c1-7(15)10-6-9(14)4-5-11(10)20-8(2)12(18)17-13(19)16-3/h4-8H,15H2,1-3H3,(H2,16,17,18,19). The molecule has 110 valence electrons. The number of imide groups is 1. The van der Waals surface area contributed by atoms with Gasteiger partial charge in [-0.05, 0) is 32.0 Å². The lowest BCUT2D eigenvalue weighted by Crippen LogP contribution is -2.44. The minimum Gasteiger partial charge on any atom is -0.481 e. The molecule has 0 saturated heterocycles. The monoisotopic (exact) mass is 343 g/mol. The van der Waals surface area contributed by atoms with Gasteiger partial charge in [-0.2, -0.15) is 0 Å². The van der Waals surface area contributed by atoms with Crippen LogP contribution >= 0.6 is 15.9 Å². The Morgan fingerprint density at radius 1 is 1.35 bits per heavy atom. The third-order valence-corrected chi connectivity index (χ3v) is 3.09. The Morgan fingerprint density at radius 2 is 2.00 bits per heavy atom. The average Bonchev–Trinajstić information content (AvgIpc) is 2.40. The van der Waals surface area contributed by atoms with Crippen molar-refractivity contribution in [1.29, 1.82) is 0 Å². The van der Waals surface area contributed by atoms with E-state index in [9.17, 15) is 9.59 Å². The average molecular weight is 344 g/mol. The maximum Gasteiger partial charge on any atom is 0.321 e. The topological polar surface area (TPSA) is 93.5 Å². The van der Waals surface area contributed by atoms with Gasteiger partial charge in [0.1, 0.15) is 5.75 Å². The van der Waals surface area contributed by atoms with Crippen LogP contribution in [0.2, 0.25) is 0 Å². The molecular formula is C13H18BrN3O3. The summed E-state index contributed by atoms with van der Waals surface area (Å²) in [6.07, 6.45) is -0.814. The predicted octanol–water partition coefficient (Wildman–Crippen LogP) is 1.69. The second kappa shape index (κ2) is 7.25. The quantitative estimate of drug-likeness (QED) is 0.775. The van der Waals surface area contributed by atoms with Crippen molar-refractivity contribution in [2.75, 3.05) is 7.05 Å². The van der Waals surface area contributed by atoms with Crippen molar-refractivity contribution in [2.24, 2.45) is 5.73 Å². The van der Waals surface area contributed by atoms with Crippen LogP contribution in [-0.4, -0.2) is 25.1 Å².